The van der Waals surface area contributed by atoms with Crippen molar-refractivity contribution in [1.29, 1.82) is 0 Å². The fourth-order valence-corrected chi connectivity index (χ4v) is 9.05. The van der Waals surface area contributed by atoms with Crippen molar-refractivity contribution in [3.05, 3.63) is 181 Å². The number of para-hydroxylation sites is 3. The molecule has 8 aromatic carbocycles. The van der Waals surface area contributed by atoms with Crippen LogP contribution >= 0.6 is 0 Å². The Balaban J connectivity index is 1.08. The molecule has 52 heavy (non-hydrogen) atoms. The third kappa shape index (κ3) is 3.61. The first kappa shape index (κ1) is 27.8. The monoisotopic (exact) mass is 660 g/mol. The van der Waals surface area contributed by atoms with Crippen molar-refractivity contribution in [3.8, 4) is 22.3 Å². The normalized spacial score (nSPS) is 12.3. The summed E-state index contributed by atoms with van der Waals surface area (Å²) in [6, 6.07) is 60.2. The molecule has 0 saturated carbocycles. The van der Waals surface area contributed by atoms with Crippen LogP contribution in [0.5, 0.6) is 0 Å². The van der Waals surface area contributed by atoms with Gasteiger partial charge in [-0.15, -0.1) is 0 Å². The van der Waals surface area contributed by atoms with Crippen LogP contribution in [0.15, 0.2) is 170 Å². The topological polar surface area (TPSA) is 25.9 Å². The van der Waals surface area contributed by atoms with Crippen LogP contribution in [0.3, 0.4) is 0 Å². The molecule has 0 bridgehead atoms. The van der Waals surface area contributed by atoms with Crippen molar-refractivity contribution in [2.75, 3.05) is 0 Å². The molecule has 0 spiro atoms. The number of rotatable bonds is 4. The van der Waals surface area contributed by atoms with Crippen LogP contribution in [-0.4, -0.2) is 14.6 Å². The SMILES string of the molecule is O=C(c1ccccc1)c1cccc(-c2cc3c4ccccc4n4c5ccc(-c6ccc7c(c6)c6cccc8c9ccccc9n7c86)cc5c(c2)c34)c1. The molecule has 12 rings (SSSR count). The lowest BCUT2D eigenvalue weighted by Crippen LogP contribution is -2.00. The van der Waals surface area contributed by atoms with Gasteiger partial charge in [-0.25, -0.2) is 0 Å². The average molecular weight is 661 g/mol. The predicted molar refractivity (Wildman–Crippen MR) is 217 cm³/mol. The number of benzene rings is 8. The van der Waals surface area contributed by atoms with E-state index >= 15 is 0 Å². The molecule has 0 unspecified atom stereocenters. The maximum atomic E-state index is 13.5. The summed E-state index contributed by atoms with van der Waals surface area (Å²) < 4.78 is 4.87. The van der Waals surface area contributed by atoms with Crippen LogP contribution in [0, 0.1) is 0 Å². The Morgan fingerprint density at radius 2 is 0.750 bits per heavy atom. The number of carbonyl (C=O) groups excluding carboxylic acids is 1. The van der Waals surface area contributed by atoms with Gasteiger partial charge in [0.1, 0.15) is 0 Å². The van der Waals surface area contributed by atoms with Crippen LogP contribution in [0.25, 0.3) is 98.4 Å². The minimum Gasteiger partial charge on any atom is -0.308 e. The largest absolute Gasteiger partial charge is 0.308 e. The van der Waals surface area contributed by atoms with Crippen LogP contribution in [-0.2, 0) is 0 Å². The van der Waals surface area contributed by atoms with Crippen LogP contribution in [0.1, 0.15) is 15.9 Å². The van der Waals surface area contributed by atoms with Crippen LogP contribution < -0.4 is 0 Å². The highest BCUT2D eigenvalue weighted by atomic mass is 16.1. The maximum absolute atomic E-state index is 13.5. The molecular formula is C49H28N2O. The first-order valence-electron chi connectivity index (χ1n) is 17.8. The van der Waals surface area contributed by atoms with E-state index in [1.54, 1.807) is 0 Å². The van der Waals surface area contributed by atoms with Crippen molar-refractivity contribution in [3.63, 3.8) is 0 Å². The number of hydrogen-bond donors (Lipinski definition) is 0. The van der Waals surface area contributed by atoms with Crippen molar-refractivity contribution < 1.29 is 4.79 Å². The van der Waals surface area contributed by atoms with Crippen LogP contribution in [0.2, 0.25) is 0 Å². The molecule has 0 radical (unpaired) electrons. The third-order valence-corrected chi connectivity index (χ3v) is 11.3. The van der Waals surface area contributed by atoms with Gasteiger partial charge in [-0.2, -0.15) is 0 Å². The van der Waals surface area contributed by atoms with E-state index in [0.29, 0.717) is 11.1 Å². The first-order valence-corrected chi connectivity index (χ1v) is 17.8. The molecular weight excluding hydrogens is 633 g/mol. The summed E-state index contributed by atoms with van der Waals surface area (Å²) in [6.45, 7) is 0. The van der Waals surface area contributed by atoms with Gasteiger partial charge in [0.25, 0.3) is 0 Å². The summed E-state index contributed by atoms with van der Waals surface area (Å²) in [5, 5.41) is 10.1. The highest BCUT2D eigenvalue weighted by Gasteiger charge is 2.21. The highest BCUT2D eigenvalue weighted by Crippen LogP contribution is 2.44. The van der Waals surface area contributed by atoms with Crippen molar-refractivity contribution in [2.45, 2.75) is 0 Å². The van der Waals surface area contributed by atoms with Crippen molar-refractivity contribution in [1.82, 2.24) is 8.80 Å². The second-order valence-electron chi connectivity index (χ2n) is 14.1. The van der Waals surface area contributed by atoms with E-state index in [2.05, 4.69) is 130 Å². The van der Waals surface area contributed by atoms with Crippen molar-refractivity contribution in [2.24, 2.45) is 0 Å². The molecule has 0 saturated heterocycles. The van der Waals surface area contributed by atoms with Gasteiger partial charge in [-0.1, -0.05) is 115 Å². The van der Waals surface area contributed by atoms with Gasteiger partial charge in [0.15, 0.2) is 5.78 Å². The van der Waals surface area contributed by atoms with Gasteiger partial charge >= 0.3 is 0 Å². The number of carbonyl (C=O) groups is 1. The molecule has 0 aliphatic rings. The molecule has 0 fully saturated rings. The summed E-state index contributed by atoms with van der Waals surface area (Å²) >= 11 is 0. The highest BCUT2D eigenvalue weighted by molar-refractivity contribution is 6.26. The standard InChI is InChI=1S/C49H28N2O/c52-49(29-10-2-1-3-11-29)33-13-8-12-30(24-33)34-27-41-36-15-5-7-19-44(36)51-46-23-21-32(26-40(46)42(28-34)48(41)51)31-20-22-45-39(25-31)38-17-9-16-37-35-14-4-6-18-43(35)50(45)47(37)38/h1-28H. The predicted octanol–water partition coefficient (Wildman–Crippen LogP) is 12.6. The molecule has 3 heteroatoms. The van der Waals surface area contributed by atoms with Gasteiger partial charge < -0.3 is 8.80 Å². The minimum atomic E-state index is 0.0335. The Morgan fingerprint density at radius 3 is 1.44 bits per heavy atom. The van der Waals surface area contributed by atoms with Gasteiger partial charge in [0.05, 0.1) is 33.1 Å². The van der Waals surface area contributed by atoms with Gasteiger partial charge in [-0.3, -0.25) is 4.79 Å². The van der Waals surface area contributed by atoms with E-state index in [9.17, 15) is 4.79 Å². The van der Waals surface area contributed by atoms with E-state index in [4.69, 9.17) is 0 Å². The summed E-state index contributed by atoms with van der Waals surface area (Å²) in [5.41, 5.74) is 13.3. The first-order chi connectivity index (χ1) is 25.7. The molecule has 3 nitrogen and oxygen atoms in total. The fourth-order valence-electron chi connectivity index (χ4n) is 9.05. The van der Waals surface area contributed by atoms with E-state index in [0.717, 1.165) is 11.1 Å². The Labute approximate surface area is 297 Å². The van der Waals surface area contributed by atoms with Crippen molar-refractivity contribution >= 4 is 82.0 Å². The third-order valence-electron chi connectivity index (χ3n) is 11.3. The van der Waals surface area contributed by atoms with E-state index in [1.807, 2.05) is 48.5 Å². The Bertz CT molecular complexity index is 3420. The van der Waals surface area contributed by atoms with E-state index in [-0.39, 0.29) is 5.78 Å². The summed E-state index contributed by atoms with van der Waals surface area (Å²) in [7, 11) is 0. The molecule has 0 N–H and O–H groups in total. The Morgan fingerprint density at radius 1 is 0.308 bits per heavy atom. The molecule has 4 aromatic heterocycles. The quantitative estimate of drug-likeness (QED) is 0.173. The number of hydrogen-bond acceptors (Lipinski definition) is 1. The average Bonchev–Trinajstić information content (AvgIpc) is 3.94. The summed E-state index contributed by atoms with van der Waals surface area (Å²) in [5.74, 6) is 0.0335. The lowest BCUT2D eigenvalue weighted by atomic mass is 9.95. The molecule has 240 valence electrons. The van der Waals surface area contributed by atoms with E-state index < -0.39 is 0 Å². The summed E-state index contributed by atoms with van der Waals surface area (Å²) in [6.07, 6.45) is 0. The zero-order chi connectivity index (χ0) is 34.1. The molecule has 0 atom stereocenters. The minimum absolute atomic E-state index is 0.0335. The van der Waals surface area contributed by atoms with Gasteiger partial charge in [0, 0.05) is 54.2 Å². The lowest BCUT2D eigenvalue weighted by molar-refractivity contribution is 0.103. The fraction of sp³-hybridized carbons (Fsp3) is 0. The zero-order valence-corrected chi connectivity index (χ0v) is 28.0. The van der Waals surface area contributed by atoms with Gasteiger partial charge in [-0.05, 0) is 76.9 Å². The Hall–Kier alpha value is -6.97. The molecule has 12 aromatic rings. The number of ketones is 1. The smallest absolute Gasteiger partial charge is 0.193 e. The number of nitrogens with zero attached hydrogens (tertiary/aromatic N) is 2. The lowest BCUT2D eigenvalue weighted by Gasteiger charge is -2.08. The summed E-state index contributed by atoms with van der Waals surface area (Å²) in [4.78, 5) is 13.5. The number of fused-ring (bicyclic) bond motifs is 12. The molecule has 0 aliphatic carbocycles. The zero-order valence-electron chi connectivity index (χ0n) is 28.0. The molecule has 0 amide bonds. The maximum Gasteiger partial charge on any atom is 0.193 e. The molecule has 0 aliphatic heterocycles. The second-order valence-corrected chi connectivity index (χ2v) is 14.1. The second kappa shape index (κ2) is 10.1. The van der Waals surface area contributed by atoms with Gasteiger partial charge in [0.2, 0.25) is 0 Å². The van der Waals surface area contributed by atoms with Crippen LogP contribution in [0.4, 0.5) is 0 Å². The Kier molecular flexibility index (Phi) is 5.38. The van der Waals surface area contributed by atoms with E-state index in [1.165, 1.54) is 87.3 Å². The molecule has 4 heterocycles. The number of aromatic nitrogens is 2.